The molecule has 0 fully saturated rings. The van der Waals surface area contributed by atoms with Crippen LogP contribution >= 0.6 is 0 Å². The van der Waals surface area contributed by atoms with E-state index in [1.54, 1.807) is 0 Å². The third-order valence-corrected chi connectivity index (χ3v) is 2.91. The fourth-order valence-electron chi connectivity index (χ4n) is 2.06. The van der Waals surface area contributed by atoms with Crippen molar-refractivity contribution in [2.75, 3.05) is 6.61 Å². The Morgan fingerprint density at radius 3 is 3.19 bits per heavy atom. The van der Waals surface area contributed by atoms with Crippen LogP contribution in [0, 0.1) is 11.8 Å². The second-order valence-electron chi connectivity index (χ2n) is 4.03. The second-order valence-corrected chi connectivity index (χ2v) is 4.03. The van der Waals surface area contributed by atoms with Gasteiger partial charge in [0.15, 0.2) is 0 Å². The van der Waals surface area contributed by atoms with Crippen LogP contribution in [0.4, 0.5) is 0 Å². The number of fused-ring (bicyclic) bond motifs is 1. The van der Waals surface area contributed by atoms with Crippen molar-refractivity contribution in [3.8, 4) is 17.6 Å². The summed E-state index contributed by atoms with van der Waals surface area (Å²) in [6.45, 7) is 2.50. The van der Waals surface area contributed by atoms with Gasteiger partial charge >= 0.3 is 0 Å². The third-order valence-electron chi connectivity index (χ3n) is 2.91. The van der Waals surface area contributed by atoms with Gasteiger partial charge in [-0.3, -0.25) is 0 Å². The van der Waals surface area contributed by atoms with Crippen LogP contribution < -0.4 is 10.5 Å². The van der Waals surface area contributed by atoms with E-state index in [1.165, 1.54) is 11.1 Å². The Hall–Kier alpha value is -1.46. The lowest BCUT2D eigenvalue weighted by Gasteiger charge is -2.08. The summed E-state index contributed by atoms with van der Waals surface area (Å²) in [5.74, 6) is 6.77. The number of ether oxygens (including phenoxy) is 1. The average molecular weight is 215 g/mol. The van der Waals surface area contributed by atoms with Crippen LogP contribution in [0.1, 0.15) is 36.9 Å². The number of rotatable bonds is 3. The van der Waals surface area contributed by atoms with Crippen LogP contribution in [0.5, 0.6) is 5.75 Å². The van der Waals surface area contributed by atoms with E-state index in [2.05, 4.69) is 24.0 Å². The first-order valence-electron chi connectivity index (χ1n) is 5.72. The molecule has 0 saturated carbocycles. The van der Waals surface area contributed by atoms with Gasteiger partial charge in [0.1, 0.15) is 5.75 Å². The van der Waals surface area contributed by atoms with E-state index in [0.717, 1.165) is 25.0 Å². The van der Waals surface area contributed by atoms with Gasteiger partial charge in [0, 0.05) is 12.5 Å². The van der Waals surface area contributed by atoms with Crippen molar-refractivity contribution < 1.29 is 4.74 Å². The summed E-state index contributed by atoms with van der Waals surface area (Å²) >= 11 is 0. The lowest BCUT2D eigenvalue weighted by Crippen LogP contribution is -2.05. The van der Waals surface area contributed by atoms with E-state index in [4.69, 9.17) is 10.5 Å². The minimum atomic E-state index is 0.218. The molecule has 0 saturated heterocycles. The van der Waals surface area contributed by atoms with Crippen LogP contribution in [0.25, 0.3) is 0 Å². The zero-order chi connectivity index (χ0) is 11.4. The lowest BCUT2D eigenvalue weighted by molar-refractivity contribution is 0.327. The molecule has 0 unspecified atom stereocenters. The van der Waals surface area contributed by atoms with E-state index in [9.17, 15) is 0 Å². The third kappa shape index (κ3) is 2.37. The molecule has 2 N–H and O–H groups in total. The molecule has 0 heterocycles. The molecule has 0 amide bonds. The quantitative estimate of drug-likeness (QED) is 0.621. The summed E-state index contributed by atoms with van der Waals surface area (Å²) in [5, 5.41) is 0. The van der Waals surface area contributed by atoms with E-state index >= 15 is 0 Å². The molecule has 0 spiro atoms. The minimum Gasteiger partial charge on any atom is -0.493 e. The smallest absolute Gasteiger partial charge is 0.119 e. The Balaban J connectivity index is 1.98. The van der Waals surface area contributed by atoms with E-state index in [-0.39, 0.29) is 6.04 Å². The van der Waals surface area contributed by atoms with Gasteiger partial charge in [-0.15, -0.1) is 11.8 Å². The van der Waals surface area contributed by atoms with Crippen molar-refractivity contribution in [3.05, 3.63) is 29.3 Å². The van der Waals surface area contributed by atoms with Gasteiger partial charge < -0.3 is 10.5 Å². The molecule has 0 radical (unpaired) electrons. The van der Waals surface area contributed by atoms with Gasteiger partial charge in [0.25, 0.3) is 0 Å². The molecule has 0 bridgehead atoms. The maximum absolute atomic E-state index is 5.98. The average Bonchev–Trinajstić information content (AvgIpc) is 2.66. The molecular weight excluding hydrogens is 198 g/mol. The molecule has 1 aromatic rings. The van der Waals surface area contributed by atoms with Crippen molar-refractivity contribution in [3.63, 3.8) is 0 Å². The summed E-state index contributed by atoms with van der Waals surface area (Å²) in [6, 6.07) is 6.42. The number of nitrogens with two attached hydrogens (primary N) is 1. The van der Waals surface area contributed by atoms with Gasteiger partial charge in [-0.25, -0.2) is 0 Å². The van der Waals surface area contributed by atoms with Gasteiger partial charge in [0.2, 0.25) is 0 Å². The standard InChI is InChI=1S/C14H17NO/c1-2-3-4-9-16-12-6-7-13-11(10-12)5-8-14(13)15/h6-7,10,14H,4-5,8-9,15H2,1H3/t14-/m0/s1. The molecule has 2 heteroatoms. The van der Waals surface area contributed by atoms with Gasteiger partial charge in [-0.05, 0) is 43.0 Å². The predicted octanol–water partition coefficient (Wildman–Crippen LogP) is 2.42. The molecule has 2 nitrogen and oxygen atoms in total. The SMILES string of the molecule is CC#CCCOc1ccc2c(c1)CC[C@@H]2N. The van der Waals surface area contributed by atoms with Crippen molar-refractivity contribution >= 4 is 0 Å². The van der Waals surface area contributed by atoms with Crippen LogP contribution in [0.3, 0.4) is 0 Å². The van der Waals surface area contributed by atoms with Gasteiger partial charge in [0.05, 0.1) is 6.61 Å². The number of hydrogen-bond donors (Lipinski definition) is 1. The highest BCUT2D eigenvalue weighted by Gasteiger charge is 2.18. The molecule has 84 valence electrons. The fraction of sp³-hybridized carbons (Fsp3) is 0.429. The molecule has 2 rings (SSSR count). The number of hydrogen-bond acceptors (Lipinski definition) is 2. The first-order chi connectivity index (χ1) is 7.81. The number of aryl methyl sites for hydroxylation is 1. The minimum absolute atomic E-state index is 0.218. The molecule has 16 heavy (non-hydrogen) atoms. The molecule has 0 aliphatic heterocycles. The normalized spacial score (nSPS) is 17.5. The predicted molar refractivity (Wildman–Crippen MR) is 65.3 cm³/mol. The van der Waals surface area contributed by atoms with Crippen molar-refractivity contribution in [2.24, 2.45) is 5.73 Å². The van der Waals surface area contributed by atoms with Crippen LogP contribution in [-0.2, 0) is 6.42 Å². The van der Waals surface area contributed by atoms with E-state index in [1.807, 2.05) is 13.0 Å². The van der Waals surface area contributed by atoms with E-state index < -0.39 is 0 Å². The summed E-state index contributed by atoms with van der Waals surface area (Å²) in [5.41, 5.74) is 8.59. The Labute approximate surface area is 96.8 Å². The zero-order valence-corrected chi connectivity index (χ0v) is 9.62. The second kappa shape index (κ2) is 5.05. The largest absolute Gasteiger partial charge is 0.493 e. The lowest BCUT2D eigenvalue weighted by atomic mass is 10.1. The van der Waals surface area contributed by atoms with E-state index in [0.29, 0.717) is 6.61 Å². The number of benzene rings is 1. The van der Waals surface area contributed by atoms with Crippen molar-refractivity contribution in [1.29, 1.82) is 0 Å². The molecule has 1 aliphatic rings. The monoisotopic (exact) mass is 215 g/mol. The Morgan fingerprint density at radius 2 is 2.38 bits per heavy atom. The summed E-state index contributed by atoms with van der Waals surface area (Å²) in [7, 11) is 0. The molecule has 1 aromatic carbocycles. The van der Waals surface area contributed by atoms with Gasteiger partial charge in [-0.2, -0.15) is 0 Å². The maximum Gasteiger partial charge on any atom is 0.119 e. The van der Waals surface area contributed by atoms with Crippen LogP contribution in [0.2, 0.25) is 0 Å². The Morgan fingerprint density at radius 1 is 1.50 bits per heavy atom. The fourth-order valence-corrected chi connectivity index (χ4v) is 2.06. The van der Waals surface area contributed by atoms with Crippen molar-refractivity contribution in [1.82, 2.24) is 0 Å². The summed E-state index contributed by atoms with van der Waals surface area (Å²) < 4.78 is 5.63. The molecule has 0 aromatic heterocycles. The summed E-state index contributed by atoms with van der Waals surface area (Å²) in [4.78, 5) is 0. The summed E-state index contributed by atoms with van der Waals surface area (Å²) in [6.07, 6.45) is 2.91. The van der Waals surface area contributed by atoms with Gasteiger partial charge in [-0.1, -0.05) is 6.07 Å². The molecule has 1 atom stereocenters. The highest BCUT2D eigenvalue weighted by molar-refractivity contribution is 5.40. The highest BCUT2D eigenvalue weighted by atomic mass is 16.5. The molecular formula is C14H17NO. The highest BCUT2D eigenvalue weighted by Crippen LogP contribution is 2.31. The maximum atomic E-state index is 5.98. The molecule has 1 aliphatic carbocycles. The first-order valence-corrected chi connectivity index (χ1v) is 5.72. The topological polar surface area (TPSA) is 35.2 Å². The zero-order valence-electron chi connectivity index (χ0n) is 9.62. The van der Waals surface area contributed by atoms with Crippen LogP contribution in [0.15, 0.2) is 18.2 Å². The first kappa shape index (κ1) is 11.0. The van der Waals surface area contributed by atoms with Crippen LogP contribution in [-0.4, -0.2) is 6.61 Å². The van der Waals surface area contributed by atoms with Crippen molar-refractivity contribution in [2.45, 2.75) is 32.2 Å². The Kier molecular flexibility index (Phi) is 3.48. The Bertz CT molecular complexity index is 428.